The van der Waals surface area contributed by atoms with Crippen molar-refractivity contribution in [2.24, 2.45) is 10.7 Å². The molecule has 0 aromatic carbocycles. The molecule has 0 saturated carbocycles. The van der Waals surface area contributed by atoms with Crippen LogP contribution in [0.2, 0.25) is 0 Å². The van der Waals surface area contributed by atoms with Gasteiger partial charge in [-0.3, -0.25) is 4.57 Å². The molecule has 0 unspecified atom stereocenters. The zero-order chi connectivity index (χ0) is 15.6. The lowest BCUT2D eigenvalue weighted by Crippen LogP contribution is -2.32. The third kappa shape index (κ3) is 5.17. The fourth-order valence-corrected chi connectivity index (χ4v) is 1.82. The van der Waals surface area contributed by atoms with Gasteiger partial charge in [0.15, 0.2) is 5.96 Å². The number of guanidine groups is 1. The summed E-state index contributed by atoms with van der Waals surface area (Å²) in [5.74, 6) is 1.27. The number of hydrogen-bond acceptors (Lipinski definition) is 4. The number of ether oxygens (including phenoxy) is 1. The maximum Gasteiger partial charge on any atom is 0.188 e. The van der Waals surface area contributed by atoms with Crippen molar-refractivity contribution in [3.05, 3.63) is 42.6 Å². The van der Waals surface area contributed by atoms with Crippen molar-refractivity contribution in [2.45, 2.75) is 19.9 Å². The number of nitrogens with one attached hydrogen (secondary N) is 1. The van der Waals surface area contributed by atoms with Gasteiger partial charge in [0, 0.05) is 38.3 Å². The van der Waals surface area contributed by atoms with Crippen molar-refractivity contribution >= 4 is 5.96 Å². The Balaban J connectivity index is 1.77. The van der Waals surface area contributed by atoms with Gasteiger partial charge in [-0.2, -0.15) is 0 Å². The highest BCUT2D eigenvalue weighted by atomic mass is 16.5. The Morgan fingerprint density at radius 1 is 1.45 bits per heavy atom. The average molecular weight is 302 g/mol. The van der Waals surface area contributed by atoms with Crippen LogP contribution in [0.5, 0.6) is 0 Å². The quantitative estimate of drug-likeness (QED) is 0.433. The van der Waals surface area contributed by atoms with Crippen molar-refractivity contribution in [2.75, 3.05) is 19.8 Å². The molecular formula is C15H22N6O. The number of nitrogens with two attached hydrogens (primary N) is 1. The first-order valence-electron chi connectivity index (χ1n) is 7.34. The molecule has 3 N–H and O–H groups in total. The molecule has 22 heavy (non-hydrogen) atoms. The van der Waals surface area contributed by atoms with E-state index in [0.717, 1.165) is 37.6 Å². The van der Waals surface area contributed by atoms with Gasteiger partial charge in [-0.1, -0.05) is 6.07 Å². The van der Waals surface area contributed by atoms with Crippen LogP contribution in [-0.2, 0) is 11.3 Å². The Bertz CT molecular complexity index is 564. The molecule has 118 valence electrons. The molecule has 2 rings (SSSR count). The van der Waals surface area contributed by atoms with Crippen molar-refractivity contribution < 1.29 is 4.74 Å². The molecule has 0 aliphatic rings. The van der Waals surface area contributed by atoms with Gasteiger partial charge in [0.1, 0.15) is 12.1 Å². The van der Waals surface area contributed by atoms with Gasteiger partial charge < -0.3 is 15.8 Å². The highest BCUT2D eigenvalue weighted by Gasteiger charge is 1.98. The molecule has 0 spiro atoms. The predicted octanol–water partition coefficient (Wildman–Crippen LogP) is 1.10. The number of aromatic nitrogens is 3. The van der Waals surface area contributed by atoms with Crippen LogP contribution in [0.3, 0.4) is 0 Å². The van der Waals surface area contributed by atoms with E-state index in [1.54, 1.807) is 18.7 Å². The van der Waals surface area contributed by atoms with E-state index in [1.165, 1.54) is 0 Å². The fraction of sp³-hybridized carbons (Fsp3) is 0.400. The molecule has 0 aliphatic carbocycles. The van der Waals surface area contributed by atoms with E-state index < -0.39 is 0 Å². The van der Waals surface area contributed by atoms with E-state index in [-0.39, 0.29) is 0 Å². The summed E-state index contributed by atoms with van der Waals surface area (Å²) in [5.41, 5.74) is 6.81. The van der Waals surface area contributed by atoms with Crippen LogP contribution in [0.4, 0.5) is 0 Å². The molecule has 2 aromatic heterocycles. The summed E-state index contributed by atoms with van der Waals surface area (Å²) in [6.07, 6.45) is 7.98. The van der Waals surface area contributed by atoms with Crippen molar-refractivity contribution in [3.8, 4) is 5.82 Å². The number of nitrogens with zero attached hydrogens (tertiary/aromatic N) is 4. The SMILES string of the molecule is CCOCCCNC(N)=NCc1ccc(-n2ccnc2)nc1. The smallest absolute Gasteiger partial charge is 0.188 e. The first-order valence-corrected chi connectivity index (χ1v) is 7.34. The number of hydrogen-bond donors (Lipinski definition) is 2. The summed E-state index contributed by atoms with van der Waals surface area (Å²) in [6, 6.07) is 3.91. The highest BCUT2D eigenvalue weighted by molar-refractivity contribution is 5.77. The van der Waals surface area contributed by atoms with E-state index >= 15 is 0 Å². The molecule has 0 aliphatic heterocycles. The van der Waals surface area contributed by atoms with Crippen LogP contribution in [0.15, 0.2) is 42.0 Å². The minimum atomic E-state index is 0.440. The first-order chi connectivity index (χ1) is 10.8. The molecule has 0 atom stereocenters. The Morgan fingerprint density at radius 2 is 2.36 bits per heavy atom. The lowest BCUT2D eigenvalue weighted by molar-refractivity contribution is 0.145. The fourth-order valence-electron chi connectivity index (χ4n) is 1.82. The van der Waals surface area contributed by atoms with Crippen LogP contribution in [0, 0.1) is 0 Å². The number of imidazole rings is 1. The average Bonchev–Trinajstić information content (AvgIpc) is 3.08. The van der Waals surface area contributed by atoms with Crippen LogP contribution in [0.25, 0.3) is 5.82 Å². The van der Waals surface area contributed by atoms with Crippen molar-refractivity contribution in [3.63, 3.8) is 0 Å². The zero-order valence-electron chi connectivity index (χ0n) is 12.8. The lowest BCUT2D eigenvalue weighted by atomic mass is 10.3. The summed E-state index contributed by atoms with van der Waals surface area (Å²) in [5, 5.41) is 3.06. The number of aliphatic imine (C=N–C) groups is 1. The van der Waals surface area contributed by atoms with Gasteiger partial charge in [-0.05, 0) is 25.0 Å². The molecule has 2 heterocycles. The van der Waals surface area contributed by atoms with Gasteiger partial charge in [-0.15, -0.1) is 0 Å². The number of rotatable bonds is 8. The van der Waals surface area contributed by atoms with Gasteiger partial charge in [0.2, 0.25) is 0 Å². The minimum Gasteiger partial charge on any atom is -0.382 e. The predicted molar refractivity (Wildman–Crippen MR) is 85.8 cm³/mol. The van der Waals surface area contributed by atoms with Gasteiger partial charge in [0.25, 0.3) is 0 Å². The van der Waals surface area contributed by atoms with Crippen molar-refractivity contribution in [1.82, 2.24) is 19.9 Å². The van der Waals surface area contributed by atoms with E-state index in [0.29, 0.717) is 12.5 Å². The second-order valence-corrected chi connectivity index (χ2v) is 4.67. The summed E-state index contributed by atoms with van der Waals surface area (Å²) >= 11 is 0. The molecular weight excluding hydrogens is 280 g/mol. The van der Waals surface area contributed by atoms with Crippen LogP contribution in [-0.4, -0.2) is 40.3 Å². The van der Waals surface area contributed by atoms with E-state index in [1.807, 2.05) is 29.8 Å². The second-order valence-electron chi connectivity index (χ2n) is 4.67. The van der Waals surface area contributed by atoms with Crippen LogP contribution >= 0.6 is 0 Å². The van der Waals surface area contributed by atoms with E-state index in [2.05, 4.69) is 20.3 Å². The molecule has 0 saturated heterocycles. The maximum absolute atomic E-state index is 5.81. The highest BCUT2D eigenvalue weighted by Crippen LogP contribution is 2.06. The molecule has 0 bridgehead atoms. The molecule has 0 fully saturated rings. The van der Waals surface area contributed by atoms with Gasteiger partial charge >= 0.3 is 0 Å². The maximum atomic E-state index is 5.81. The third-order valence-electron chi connectivity index (χ3n) is 2.99. The van der Waals surface area contributed by atoms with Crippen LogP contribution in [0.1, 0.15) is 18.9 Å². The zero-order valence-corrected chi connectivity index (χ0v) is 12.8. The van der Waals surface area contributed by atoms with E-state index in [4.69, 9.17) is 10.5 Å². The van der Waals surface area contributed by atoms with Gasteiger partial charge in [0.05, 0.1) is 6.54 Å². The Morgan fingerprint density at radius 3 is 3.05 bits per heavy atom. The van der Waals surface area contributed by atoms with E-state index in [9.17, 15) is 0 Å². The molecule has 2 aromatic rings. The second kappa shape index (κ2) is 8.78. The van der Waals surface area contributed by atoms with Gasteiger partial charge in [-0.25, -0.2) is 15.0 Å². The monoisotopic (exact) mass is 302 g/mol. The molecule has 7 nitrogen and oxygen atoms in total. The Hall–Kier alpha value is -2.41. The Labute approximate surface area is 130 Å². The summed E-state index contributed by atoms with van der Waals surface area (Å²) in [6.45, 7) is 4.71. The summed E-state index contributed by atoms with van der Waals surface area (Å²) in [7, 11) is 0. The summed E-state index contributed by atoms with van der Waals surface area (Å²) in [4.78, 5) is 12.7. The Kier molecular flexibility index (Phi) is 6.38. The lowest BCUT2D eigenvalue weighted by Gasteiger charge is -2.06. The molecule has 0 radical (unpaired) electrons. The molecule has 7 heteroatoms. The summed E-state index contributed by atoms with van der Waals surface area (Å²) < 4.78 is 7.10. The number of pyridine rings is 1. The largest absolute Gasteiger partial charge is 0.382 e. The van der Waals surface area contributed by atoms with Crippen molar-refractivity contribution in [1.29, 1.82) is 0 Å². The van der Waals surface area contributed by atoms with Crippen LogP contribution < -0.4 is 11.1 Å². The first kappa shape index (κ1) is 16.0. The third-order valence-corrected chi connectivity index (χ3v) is 2.99. The molecule has 0 amide bonds. The topological polar surface area (TPSA) is 90.3 Å². The normalized spacial score (nSPS) is 11.6. The standard InChI is InChI=1S/C15H22N6O/c1-2-22-9-3-6-18-15(16)20-11-13-4-5-14(19-10-13)21-8-7-17-12-21/h4-5,7-8,10,12H,2-3,6,9,11H2,1H3,(H3,16,18,20). The minimum absolute atomic E-state index is 0.440.